The highest BCUT2D eigenvalue weighted by Crippen LogP contribution is 2.26. The molecule has 0 radical (unpaired) electrons. The first-order chi connectivity index (χ1) is 10.9. The quantitative estimate of drug-likeness (QED) is 0.455. The molecule has 0 atom stereocenters. The van der Waals surface area contributed by atoms with Crippen molar-refractivity contribution in [2.45, 2.75) is 0 Å². The Morgan fingerprint density at radius 2 is 1.22 bits per heavy atom. The third kappa shape index (κ3) is 3.85. The van der Waals surface area contributed by atoms with Crippen LogP contribution in [0.1, 0.15) is 0 Å². The van der Waals surface area contributed by atoms with Gasteiger partial charge in [-0.05, 0) is 12.1 Å². The van der Waals surface area contributed by atoms with Crippen molar-refractivity contribution < 1.29 is 23.7 Å². The van der Waals surface area contributed by atoms with E-state index in [1.165, 1.54) is 12.1 Å². The van der Waals surface area contributed by atoms with Gasteiger partial charge in [-0.3, -0.25) is 20.2 Å². The number of nitro groups is 2. The molecule has 0 aromatic heterocycles. The second-order valence-corrected chi connectivity index (χ2v) is 4.13. The van der Waals surface area contributed by atoms with Crippen molar-refractivity contribution in [2.24, 2.45) is 0 Å². The van der Waals surface area contributed by atoms with Crippen LogP contribution in [0.15, 0.2) is 48.5 Å². The van der Waals surface area contributed by atoms with Gasteiger partial charge in [0.1, 0.15) is 11.4 Å². The van der Waals surface area contributed by atoms with Crippen LogP contribution in [-0.2, 0) is 4.94 Å². The zero-order valence-corrected chi connectivity index (χ0v) is 11.2. The van der Waals surface area contributed by atoms with E-state index >= 15 is 0 Å². The molecular weight excluding hydrogens is 318 g/mol. The van der Waals surface area contributed by atoms with Gasteiger partial charge in [0, 0.05) is 24.3 Å². The Morgan fingerprint density at radius 3 is 1.57 bits per heavy atom. The highest BCUT2D eigenvalue weighted by molar-refractivity contribution is 5.52. The third-order valence-corrected chi connectivity index (χ3v) is 2.63. The molecule has 2 rings (SSSR count). The molecule has 0 bridgehead atoms. The number of non-ortho nitro benzene ring substituents is 2. The Hall–Kier alpha value is -3.34. The number of hydrogen-bond donors (Lipinski definition) is 0. The van der Waals surface area contributed by atoms with Crippen molar-refractivity contribution in [1.82, 2.24) is 0 Å². The lowest BCUT2D eigenvalue weighted by molar-refractivity contribution is -0.385. The molecule has 0 saturated carbocycles. The largest absolute Gasteiger partial charge is 0.271 e. The number of benzene rings is 2. The van der Waals surface area contributed by atoms with Crippen molar-refractivity contribution in [1.29, 1.82) is 0 Å². The first kappa shape index (κ1) is 16.0. The summed E-state index contributed by atoms with van der Waals surface area (Å²) in [6.07, 6.45) is 0. The van der Waals surface area contributed by atoms with Crippen LogP contribution in [0.25, 0.3) is 0 Å². The standard InChI is InChI=1S/C12H8F2N4O5/c13-15(9-3-1-5-11(7-9)17(19)20)23-16(14)10-4-2-6-12(8-10)18(21)22/h1-8H. The van der Waals surface area contributed by atoms with Gasteiger partial charge in [-0.25, -0.2) is 0 Å². The second kappa shape index (κ2) is 6.62. The number of anilines is 2. The summed E-state index contributed by atoms with van der Waals surface area (Å²) in [6, 6.07) is 8.44. The molecule has 9 nitrogen and oxygen atoms in total. The Balaban J connectivity index is 2.14. The number of halogens is 2. The van der Waals surface area contributed by atoms with E-state index in [1.807, 2.05) is 0 Å². The molecule has 0 amide bonds. The minimum absolute atomic E-state index is 0.422. The second-order valence-electron chi connectivity index (χ2n) is 4.13. The van der Waals surface area contributed by atoms with E-state index in [1.54, 1.807) is 0 Å². The van der Waals surface area contributed by atoms with Crippen molar-refractivity contribution in [3.05, 3.63) is 68.8 Å². The Morgan fingerprint density at radius 1 is 0.826 bits per heavy atom. The van der Waals surface area contributed by atoms with E-state index in [2.05, 4.69) is 4.94 Å². The molecule has 0 heterocycles. The highest BCUT2D eigenvalue weighted by atomic mass is 19.2. The first-order valence-corrected chi connectivity index (χ1v) is 5.97. The zero-order valence-electron chi connectivity index (χ0n) is 11.2. The van der Waals surface area contributed by atoms with Crippen molar-refractivity contribution in [3.8, 4) is 0 Å². The molecule has 2 aromatic rings. The lowest BCUT2D eigenvalue weighted by atomic mass is 10.3. The summed E-state index contributed by atoms with van der Waals surface area (Å²) >= 11 is 0. The van der Waals surface area contributed by atoms with Crippen LogP contribution < -0.4 is 10.6 Å². The van der Waals surface area contributed by atoms with Crippen molar-refractivity contribution in [2.75, 3.05) is 10.6 Å². The Bertz CT molecular complexity index is 683. The van der Waals surface area contributed by atoms with Crippen LogP contribution in [0.3, 0.4) is 0 Å². The maximum atomic E-state index is 13.7. The van der Waals surface area contributed by atoms with E-state index in [-0.39, 0.29) is 0 Å². The van der Waals surface area contributed by atoms with E-state index < -0.39 is 43.2 Å². The molecule has 0 fully saturated rings. The molecule has 0 aliphatic rings. The Kier molecular flexibility index (Phi) is 4.61. The van der Waals surface area contributed by atoms with Crippen LogP contribution in [-0.4, -0.2) is 9.85 Å². The summed E-state index contributed by atoms with van der Waals surface area (Å²) in [4.78, 5) is 23.9. The smallest absolute Gasteiger partial charge is 0.258 e. The summed E-state index contributed by atoms with van der Waals surface area (Å²) in [5.74, 6) is 0. The molecule has 0 unspecified atom stereocenters. The van der Waals surface area contributed by atoms with Gasteiger partial charge < -0.3 is 0 Å². The van der Waals surface area contributed by atoms with Crippen LogP contribution in [0.4, 0.5) is 31.7 Å². The molecule has 0 N–H and O–H groups in total. The molecular formula is C12H8F2N4O5. The summed E-state index contributed by atoms with van der Waals surface area (Å²) in [5.41, 5.74) is -1.72. The van der Waals surface area contributed by atoms with E-state index in [0.717, 1.165) is 36.4 Å². The number of rotatable bonds is 6. The van der Waals surface area contributed by atoms with Crippen molar-refractivity contribution >= 4 is 22.7 Å². The van der Waals surface area contributed by atoms with Gasteiger partial charge in [-0.2, -0.15) is 0 Å². The summed E-state index contributed by atoms with van der Waals surface area (Å²) in [7, 11) is 0. The van der Waals surface area contributed by atoms with Gasteiger partial charge >= 0.3 is 0 Å². The fraction of sp³-hybridized carbons (Fsp3) is 0. The van der Waals surface area contributed by atoms with Crippen LogP contribution in [0.2, 0.25) is 0 Å². The predicted molar refractivity (Wildman–Crippen MR) is 74.5 cm³/mol. The molecule has 120 valence electrons. The average Bonchev–Trinajstić information content (AvgIpc) is 2.54. The normalized spacial score (nSPS) is 10.2. The number of nitrogens with zero attached hydrogens (tertiary/aromatic N) is 4. The minimum atomic E-state index is -0.759. The maximum Gasteiger partial charge on any atom is 0.271 e. The minimum Gasteiger partial charge on any atom is -0.258 e. The Labute approximate surface area is 127 Å². The summed E-state index contributed by atoms with van der Waals surface area (Å²) in [5, 5.41) is 20.1. The molecule has 23 heavy (non-hydrogen) atoms. The van der Waals surface area contributed by atoms with E-state index in [9.17, 15) is 29.2 Å². The molecule has 0 aliphatic heterocycles. The van der Waals surface area contributed by atoms with E-state index in [0.29, 0.717) is 0 Å². The fourth-order valence-electron chi connectivity index (χ4n) is 1.59. The lowest BCUT2D eigenvalue weighted by Gasteiger charge is -2.17. The summed E-state index contributed by atoms with van der Waals surface area (Å²) in [6.45, 7) is 0. The first-order valence-electron chi connectivity index (χ1n) is 5.97. The predicted octanol–water partition coefficient (Wildman–Crippen LogP) is 3.43. The van der Waals surface area contributed by atoms with Gasteiger partial charge in [-0.1, -0.05) is 36.6 Å². The van der Waals surface area contributed by atoms with Gasteiger partial charge in [0.15, 0.2) is 0 Å². The van der Waals surface area contributed by atoms with Gasteiger partial charge in [0.05, 0.1) is 9.85 Å². The molecule has 0 spiro atoms. The summed E-state index contributed by atoms with van der Waals surface area (Å²) < 4.78 is 27.5. The van der Waals surface area contributed by atoms with Crippen LogP contribution >= 0.6 is 0 Å². The molecule has 0 aliphatic carbocycles. The SMILES string of the molecule is O=[N+]([O-])c1cccc(N(F)ON(F)c2cccc([N+](=O)[O-])c2)c1. The monoisotopic (exact) mass is 326 g/mol. The fourth-order valence-corrected chi connectivity index (χ4v) is 1.59. The van der Waals surface area contributed by atoms with Crippen molar-refractivity contribution in [3.63, 3.8) is 0 Å². The van der Waals surface area contributed by atoms with Gasteiger partial charge in [-0.15, -0.1) is 0 Å². The molecule has 2 aromatic carbocycles. The average molecular weight is 326 g/mol. The highest BCUT2D eigenvalue weighted by Gasteiger charge is 2.18. The molecule has 0 saturated heterocycles. The molecule has 11 heteroatoms. The zero-order chi connectivity index (χ0) is 17.0. The number of nitro benzene ring substituents is 2. The van der Waals surface area contributed by atoms with Gasteiger partial charge in [0.25, 0.3) is 11.4 Å². The van der Waals surface area contributed by atoms with E-state index in [4.69, 9.17) is 0 Å². The topological polar surface area (TPSA) is 102 Å². The van der Waals surface area contributed by atoms with Crippen LogP contribution in [0, 0.1) is 20.2 Å². The van der Waals surface area contributed by atoms with Crippen LogP contribution in [0.5, 0.6) is 0 Å². The lowest BCUT2D eigenvalue weighted by Crippen LogP contribution is -2.24. The maximum absolute atomic E-state index is 13.7. The third-order valence-electron chi connectivity index (χ3n) is 2.63. The number of hydrogen-bond acceptors (Lipinski definition) is 7. The van der Waals surface area contributed by atoms with Gasteiger partial charge in [0.2, 0.25) is 0 Å².